The summed E-state index contributed by atoms with van der Waals surface area (Å²) >= 11 is 0. The van der Waals surface area contributed by atoms with Crippen molar-refractivity contribution in [3.8, 4) is 11.3 Å². The van der Waals surface area contributed by atoms with E-state index in [1.54, 1.807) is 6.20 Å². The van der Waals surface area contributed by atoms with E-state index in [2.05, 4.69) is 10.3 Å². The third-order valence-electron chi connectivity index (χ3n) is 4.44. The monoisotopic (exact) mass is 299 g/mol. The van der Waals surface area contributed by atoms with E-state index < -0.39 is 5.54 Å². The van der Waals surface area contributed by atoms with E-state index in [1.807, 2.05) is 31.2 Å². The highest BCUT2D eigenvalue weighted by molar-refractivity contribution is 5.93. The largest absolute Gasteiger partial charge is 0.444 e. The topological polar surface area (TPSA) is 81.2 Å². The average molecular weight is 299 g/mol. The van der Waals surface area contributed by atoms with E-state index in [0.717, 1.165) is 36.9 Å². The van der Waals surface area contributed by atoms with Crippen molar-refractivity contribution in [2.45, 2.75) is 38.1 Å². The van der Waals surface area contributed by atoms with Crippen LogP contribution in [0.3, 0.4) is 0 Å². The van der Waals surface area contributed by atoms with Gasteiger partial charge in [-0.2, -0.15) is 0 Å². The molecule has 1 aromatic heterocycles. The first-order valence-electron chi connectivity index (χ1n) is 7.65. The van der Waals surface area contributed by atoms with Gasteiger partial charge >= 0.3 is 0 Å². The molecule has 0 saturated heterocycles. The van der Waals surface area contributed by atoms with E-state index in [0.29, 0.717) is 5.76 Å². The number of carbonyl (C=O) groups excluding carboxylic acids is 1. The maximum absolute atomic E-state index is 12.5. The third kappa shape index (κ3) is 3.04. The Morgan fingerprint density at radius 2 is 2.14 bits per heavy atom. The van der Waals surface area contributed by atoms with Gasteiger partial charge in [0.15, 0.2) is 12.2 Å². The number of rotatable bonds is 3. The Morgan fingerprint density at radius 1 is 1.36 bits per heavy atom. The lowest BCUT2D eigenvalue weighted by atomic mass is 9.74. The zero-order chi connectivity index (χ0) is 15.6. The highest BCUT2D eigenvalue weighted by atomic mass is 16.3. The van der Waals surface area contributed by atoms with E-state index in [-0.39, 0.29) is 11.8 Å². The molecule has 1 aromatic carbocycles. The number of benzene rings is 1. The van der Waals surface area contributed by atoms with Crippen molar-refractivity contribution in [2.75, 3.05) is 5.32 Å². The van der Waals surface area contributed by atoms with Crippen molar-refractivity contribution >= 4 is 11.6 Å². The van der Waals surface area contributed by atoms with Crippen molar-refractivity contribution in [1.29, 1.82) is 0 Å². The fourth-order valence-electron chi connectivity index (χ4n) is 3.09. The number of nitrogens with zero attached hydrogens (tertiary/aromatic N) is 1. The molecule has 116 valence electrons. The van der Waals surface area contributed by atoms with Crippen LogP contribution in [0, 0.1) is 5.92 Å². The second-order valence-corrected chi connectivity index (χ2v) is 6.24. The van der Waals surface area contributed by atoms with Crippen molar-refractivity contribution in [3.63, 3.8) is 0 Å². The number of nitrogens with two attached hydrogens (primary N) is 1. The predicted octanol–water partition coefficient (Wildman–Crippen LogP) is 3.19. The van der Waals surface area contributed by atoms with Crippen LogP contribution in [-0.4, -0.2) is 16.4 Å². The van der Waals surface area contributed by atoms with Crippen LogP contribution in [0.2, 0.25) is 0 Å². The Labute approximate surface area is 129 Å². The predicted molar refractivity (Wildman–Crippen MR) is 85.1 cm³/mol. The Hall–Kier alpha value is -2.14. The fraction of sp³-hybridized carbons (Fsp3) is 0.412. The molecule has 5 heteroatoms. The summed E-state index contributed by atoms with van der Waals surface area (Å²) in [5, 5.41) is 2.97. The van der Waals surface area contributed by atoms with Gasteiger partial charge in [-0.25, -0.2) is 4.98 Å². The lowest BCUT2D eigenvalue weighted by molar-refractivity contribution is -0.122. The number of carbonyl (C=O) groups is 1. The second kappa shape index (κ2) is 5.93. The van der Waals surface area contributed by atoms with Gasteiger partial charge in [-0.1, -0.05) is 12.8 Å². The van der Waals surface area contributed by atoms with Crippen LogP contribution < -0.4 is 11.1 Å². The van der Waals surface area contributed by atoms with Gasteiger partial charge in [0, 0.05) is 16.8 Å². The smallest absolute Gasteiger partial charge is 0.229 e. The lowest BCUT2D eigenvalue weighted by Gasteiger charge is -2.37. The number of nitrogens with one attached hydrogen (secondary N) is 1. The fourth-order valence-corrected chi connectivity index (χ4v) is 3.09. The molecule has 1 fully saturated rings. The van der Waals surface area contributed by atoms with Crippen molar-refractivity contribution in [1.82, 2.24) is 4.98 Å². The lowest BCUT2D eigenvalue weighted by Crippen LogP contribution is -2.51. The summed E-state index contributed by atoms with van der Waals surface area (Å²) < 4.78 is 5.25. The highest BCUT2D eigenvalue weighted by Crippen LogP contribution is 2.32. The number of aromatic nitrogens is 1. The second-order valence-electron chi connectivity index (χ2n) is 6.24. The maximum Gasteiger partial charge on any atom is 0.229 e. The first-order chi connectivity index (χ1) is 10.6. The average Bonchev–Trinajstić information content (AvgIpc) is 3.01. The van der Waals surface area contributed by atoms with Gasteiger partial charge in [0.25, 0.3) is 0 Å². The quantitative estimate of drug-likeness (QED) is 0.912. The molecule has 22 heavy (non-hydrogen) atoms. The Bertz CT molecular complexity index is 632. The minimum atomic E-state index is -0.415. The van der Waals surface area contributed by atoms with Crippen molar-refractivity contribution in [3.05, 3.63) is 36.9 Å². The molecular formula is C17H21N3O2. The number of oxazole rings is 1. The van der Waals surface area contributed by atoms with Crippen LogP contribution in [0.15, 0.2) is 41.3 Å². The minimum Gasteiger partial charge on any atom is -0.444 e. The molecule has 1 saturated carbocycles. The Kier molecular flexibility index (Phi) is 3.98. The summed E-state index contributed by atoms with van der Waals surface area (Å²) in [4.78, 5) is 16.4. The standard InChI is InChI=1S/C17H21N3O2/c1-17(18)9-3-2-4-14(17)16(21)20-13-7-5-12(6-8-13)15-10-19-11-22-15/h5-8,10-11,14H,2-4,9,18H2,1H3,(H,20,21). The number of amides is 1. The molecule has 0 bridgehead atoms. The summed E-state index contributed by atoms with van der Waals surface area (Å²) in [6.45, 7) is 1.98. The molecule has 1 aliphatic carbocycles. The third-order valence-corrected chi connectivity index (χ3v) is 4.44. The summed E-state index contributed by atoms with van der Waals surface area (Å²) in [5.41, 5.74) is 7.57. The van der Waals surface area contributed by atoms with Crippen LogP contribution in [-0.2, 0) is 4.79 Å². The normalized spacial score (nSPS) is 24.9. The number of anilines is 1. The van der Waals surface area contributed by atoms with Crippen molar-refractivity contribution in [2.24, 2.45) is 11.7 Å². The molecule has 5 nitrogen and oxygen atoms in total. The molecule has 3 rings (SSSR count). The van der Waals surface area contributed by atoms with Crippen LogP contribution in [0.1, 0.15) is 32.6 Å². The summed E-state index contributed by atoms with van der Waals surface area (Å²) in [7, 11) is 0. The zero-order valence-electron chi connectivity index (χ0n) is 12.7. The SMILES string of the molecule is CC1(N)CCCCC1C(=O)Nc1ccc(-c2cnco2)cc1. The Balaban J connectivity index is 1.69. The highest BCUT2D eigenvalue weighted by Gasteiger charge is 2.37. The molecule has 0 spiro atoms. The van der Waals surface area contributed by atoms with E-state index >= 15 is 0 Å². The maximum atomic E-state index is 12.5. The molecular weight excluding hydrogens is 278 g/mol. The molecule has 0 radical (unpaired) electrons. The van der Waals surface area contributed by atoms with E-state index in [1.165, 1.54) is 6.39 Å². The van der Waals surface area contributed by atoms with Gasteiger partial charge in [0.1, 0.15) is 0 Å². The number of hydrogen-bond acceptors (Lipinski definition) is 4. The molecule has 0 aliphatic heterocycles. The summed E-state index contributed by atoms with van der Waals surface area (Å²) in [5.74, 6) is 0.590. The van der Waals surface area contributed by atoms with E-state index in [9.17, 15) is 4.79 Å². The van der Waals surface area contributed by atoms with Crippen LogP contribution in [0.4, 0.5) is 5.69 Å². The molecule has 2 unspecified atom stereocenters. The van der Waals surface area contributed by atoms with Crippen LogP contribution >= 0.6 is 0 Å². The van der Waals surface area contributed by atoms with Gasteiger partial charge in [-0.3, -0.25) is 4.79 Å². The molecule has 1 heterocycles. The summed E-state index contributed by atoms with van der Waals surface area (Å²) in [6, 6.07) is 7.54. The zero-order valence-corrected chi connectivity index (χ0v) is 12.7. The number of hydrogen-bond donors (Lipinski definition) is 2. The van der Waals surface area contributed by atoms with Gasteiger partial charge in [-0.15, -0.1) is 0 Å². The molecule has 3 N–H and O–H groups in total. The van der Waals surface area contributed by atoms with Gasteiger partial charge < -0.3 is 15.5 Å². The molecule has 1 aliphatic rings. The summed E-state index contributed by atoms with van der Waals surface area (Å²) in [6.07, 6.45) is 6.98. The van der Waals surface area contributed by atoms with Crippen molar-refractivity contribution < 1.29 is 9.21 Å². The molecule has 1 amide bonds. The first-order valence-corrected chi connectivity index (χ1v) is 7.65. The van der Waals surface area contributed by atoms with Crippen LogP contribution in [0.5, 0.6) is 0 Å². The minimum absolute atomic E-state index is 0.0112. The molecule has 2 atom stereocenters. The van der Waals surface area contributed by atoms with Crippen LogP contribution in [0.25, 0.3) is 11.3 Å². The Morgan fingerprint density at radius 3 is 2.77 bits per heavy atom. The van der Waals surface area contributed by atoms with E-state index in [4.69, 9.17) is 10.2 Å². The van der Waals surface area contributed by atoms with Gasteiger partial charge in [-0.05, 0) is 44.0 Å². The first kappa shape index (κ1) is 14.8. The molecule has 2 aromatic rings. The van der Waals surface area contributed by atoms with Gasteiger partial charge in [0.05, 0.1) is 12.1 Å². The van der Waals surface area contributed by atoms with Gasteiger partial charge in [0.2, 0.25) is 5.91 Å².